The van der Waals surface area contributed by atoms with E-state index < -0.39 is 10.0 Å². The molecule has 0 saturated heterocycles. The lowest BCUT2D eigenvalue weighted by molar-refractivity contribution is 0.597. The summed E-state index contributed by atoms with van der Waals surface area (Å²) in [4.78, 5) is 0.0963. The predicted molar refractivity (Wildman–Crippen MR) is 68.0 cm³/mol. The molecule has 5 nitrogen and oxygen atoms in total. The number of aryl methyl sites for hydroxylation is 1. The zero-order valence-corrected chi connectivity index (χ0v) is 10.4. The molecule has 4 N–H and O–H groups in total. The van der Waals surface area contributed by atoms with E-state index in [1.165, 1.54) is 0 Å². The second kappa shape index (κ2) is 4.05. The molecule has 0 spiro atoms. The fourth-order valence-electron chi connectivity index (χ4n) is 1.98. The number of primary sulfonamides is 1. The van der Waals surface area contributed by atoms with Crippen molar-refractivity contribution in [3.63, 3.8) is 0 Å². The first-order chi connectivity index (χ1) is 7.95. The molecule has 0 unspecified atom stereocenters. The summed E-state index contributed by atoms with van der Waals surface area (Å²) in [5, 5.41) is 5.72. The first kappa shape index (κ1) is 11.9. The summed E-state index contributed by atoms with van der Waals surface area (Å²) in [6, 6.07) is 5.32. The molecule has 92 valence electrons. The Morgan fingerprint density at radius 3 is 2.65 bits per heavy atom. The number of anilines is 1. The highest BCUT2D eigenvalue weighted by molar-refractivity contribution is 7.89. The topological polar surface area (TPSA) is 91.1 Å². The zero-order chi connectivity index (χ0) is 12.6. The average molecular weight is 253 g/mol. The van der Waals surface area contributed by atoms with Crippen LogP contribution in [-0.2, 0) is 16.6 Å². The Labute approximate surface area is 100 Å². The summed E-state index contributed by atoms with van der Waals surface area (Å²) in [7, 11) is -3.75. The molecule has 1 aromatic carbocycles. The first-order valence-corrected chi connectivity index (χ1v) is 6.90. The largest absolute Gasteiger partial charge is 0.398 e. The minimum Gasteiger partial charge on any atom is -0.398 e. The van der Waals surface area contributed by atoms with Crippen LogP contribution >= 0.6 is 0 Å². The van der Waals surface area contributed by atoms with Gasteiger partial charge in [-0.15, -0.1) is 0 Å². The molecule has 0 aliphatic carbocycles. The number of aromatic nitrogens is 1. The third-order valence-electron chi connectivity index (χ3n) is 2.67. The molecule has 0 aliphatic rings. The van der Waals surface area contributed by atoms with E-state index in [0.717, 1.165) is 18.5 Å². The standard InChI is InChI=1S/C11H15N3O2S/c1-2-6-14-7-10(17(13,15)16)11-8(12)4-3-5-9(11)14/h3-5,7H,2,6,12H2,1H3,(H2,13,15,16). The Balaban J connectivity index is 2.86. The van der Waals surface area contributed by atoms with Crippen LogP contribution in [0.2, 0.25) is 0 Å². The van der Waals surface area contributed by atoms with E-state index in [-0.39, 0.29) is 4.90 Å². The van der Waals surface area contributed by atoms with E-state index in [0.29, 0.717) is 11.1 Å². The second-order valence-corrected chi connectivity index (χ2v) is 5.50. The van der Waals surface area contributed by atoms with Crippen molar-refractivity contribution in [2.75, 3.05) is 5.73 Å². The van der Waals surface area contributed by atoms with Gasteiger partial charge >= 0.3 is 0 Å². The molecule has 0 saturated carbocycles. The molecule has 1 aromatic heterocycles. The van der Waals surface area contributed by atoms with Gasteiger partial charge in [0.2, 0.25) is 10.0 Å². The summed E-state index contributed by atoms with van der Waals surface area (Å²) in [5.41, 5.74) is 7.06. The molecular formula is C11H15N3O2S. The number of benzene rings is 1. The molecule has 0 atom stereocenters. The molecule has 6 heteroatoms. The van der Waals surface area contributed by atoms with Crippen molar-refractivity contribution in [3.8, 4) is 0 Å². The highest BCUT2D eigenvalue weighted by Gasteiger charge is 2.18. The predicted octanol–water partition coefficient (Wildman–Crippen LogP) is 1.28. The van der Waals surface area contributed by atoms with E-state index in [9.17, 15) is 8.42 Å². The Kier molecular flexibility index (Phi) is 2.84. The van der Waals surface area contributed by atoms with Crippen LogP contribution in [0.25, 0.3) is 10.9 Å². The number of hydrogen-bond donors (Lipinski definition) is 2. The second-order valence-electron chi connectivity index (χ2n) is 3.97. The van der Waals surface area contributed by atoms with Crippen molar-refractivity contribution < 1.29 is 8.42 Å². The fourth-order valence-corrected chi connectivity index (χ4v) is 2.76. The van der Waals surface area contributed by atoms with Crippen LogP contribution in [-0.4, -0.2) is 13.0 Å². The van der Waals surface area contributed by atoms with Crippen LogP contribution in [0.3, 0.4) is 0 Å². The number of fused-ring (bicyclic) bond motifs is 1. The lowest BCUT2D eigenvalue weighted by atomic mass is 10.2. The number of sulfonamides is 1. The zero-order valence-electron chi connectivity index (χ0n) is 9.55. The summed E-state index contributed by atoms with van der Waals surface area (Å²) < 4.78 is 24.9. The Morgan fingerprint density at radius 1 is 1.35 bits per heavy atom. The molecular weight excluding hydrogens is 238 g/mol. The van der Waals surface area contributed by atoms with Crippen LogP contribution in [0, 0.1) is 0 Å². The molecule has 2 aromatic rings. The number of nitrogens with two attached hydrogens (primary N) is 2. The molecule has 0 amide bonds. The minimum absolute atomic E-state index is 0.0963. The smallest absolute Gasteiger partial charge is 0.240 e. The van der Waals surface area contributed by atoms with Gasteiger partial charge in [-0.1, -0.05) is 13.0 Å². The van der Waals surface area contributed by atoms with Crippen LogP contribution in [0.15, 0.2) is 29.3 Å². The Bertz CT molecular complexity index is 659. The quantitative estimate of drug-likeness (QED) is 0.807. The third-order valence-corrected chi connectivity index (χ3v) is 3.60. The minimum atomic E-state index is -3.75. The molecule has 0 aliphatic heterocycles. The van der Waals surface area contributed by atoms with Crippen molar-refractivity contribution in [3.05, 3.63) is 24.4 Å². The van der Waals surface area contributed by atoms with Gasteiger partial charge in [-0.05, 0) is 18.6 Å². The van der Waals surface area contributed by atoms with Crippen molar-refractivity contribution in [2.45, 2.75) is 24.8 Å². The maximum absolute atomic E-state index is 11.5. The van der Waals surface area contributed by atoms with Gasteiger partial charge in [-0.2, -0.15) is 0 Å². The number of nitrogen functional groups attached to an aromatic ring is 1. The van der Waals surface area contributed by atoms with Gasteiger partial charge in [0, 0.05) is 23.8 Å². The lowest BCUT2D eigenvalue weighted by Crippen LogP contribution is -2.12. The van der Waals surface area contributed by atoms with Crippen molar-refractivity contribution in [2.24, 2.45) is 5.14 Å². The number of rotatable bonds is 3. The Morgan fingerprint density at radius 2 is 2.06 bits per heavy atom. The maximum atomic E-state index is 11.5. The van der Waals surface area contributed by atoms with Crippen molar-refractivity contribution in [1.82, 2.24) is 4.57 Å². The molecule has 0 bridgehead atoms. The fraction of sp³-hybridized carbons (Fsp3) is 0.273. The van der Waals surface area contributed by atoms with Crippen LogP contribution in [0.4, 0.5) is 5.69 Å². The van der Waals surface area contributed by atoms with Gasteiger partial charge in [0.15, 0.2) is 0 Å². The molecule has 1 heterocycles. The van der Waals surface area contributed by atoms with Crippen LogP contribution in [0.1, 0.15) is 13.3 Å². The summed E-state index contributed by atoms with van der Waals surface area (Å²) >= 11 is 0. The molecule has 17 heavy (non-hydrogen) atoms. The molecule has 0 radical (unpaired) electrons. The number of nitrogens with zero attached hydrogens (tertiary/aromatic N) is 1. The van der Waals surface area contributed by atoms with Gasteiger partial charge in [0.25, 0.3) is 0 Å². The van der Waals surface area contributed by atoms with E-state index in [2.05, 4.69) is 0 Å². The Hall–Kier alpha value is -1.53. The average Bonchev–Trinajstić information content (AvgIpc) is 2.59. The van der Waals surface area contributed by atoms with Crippen LogP contribution < -0.4 is 10.9 Å². The summed E-state index contributed by atoms with van der Waals surface area (Å²) in [6.45, 7) is 2.75. The first-order valence-electron chi connectivity index (χ1n) is 5.35. The van der Waals surface area contributed by atoms with Gasteiger partial charge < -0.3 is 10.3 Å². The van der Waals surface area contributed by atoms with E-state index >= 15 is 0 Å². The van der Waals surface area contributed by atoms with Crippen molar-refractivity contribution in [1.29, 1.82) is 0 Å². The highest BCUT2D eigenvalue weighted by Crippen LogP contribution is 2.29. The van der Waals surface area contributed by atoms with E-state index in [1.807, 2.05) is 17.6 Å². The molecule has 0 fully saturated rings. The molecule has 2 rings (SSSR count). The summed E-state index contributed by atoms with van der Waals surface area (Å²) in [6.07, 6.45) is 2.46. The maximum Gasteiger partial charge on any atom is 0.240 e. The van der Waals surface area contributed by atoms with E-state index in [4.69, 9.17) is 10.9 Å². The SMILES string of the molecule is CCCn1cc(S(N)(=O)=O)c2c(N)cccc21. The monoisotopic (exact) mass is 253 g/mol. The summed E-state index contributed by atoms with van der Waals surface area (Å²) in [5.74, 6) is 0. The normalized spacial score (nSPS) is 12.1. The van der Waals surface area contributed by atoms with Crippen molar-refractivity contribution >= 4 is 26.6 Å². The number of hydrogen-bond acceptors (Lipinski definition) is 3. The van der Waals surface area contributed by atoms with Gasteiger partial charge in [-0.25, -0.2) is 13.6 Å². The van der Waals surface area contributed by atoms with Crippen LogP contribution in [0.5, 0.6) is 0 Å². The van der Waals surface area contributed by atoms with Gasteiger partial charge in [0.05, 0.1) is 5.52 Å². The van der Waals surface area contributed by atoms with Gasteiger partial charge in [-0.3, -0.25) is 0 Å². The highest BCUT2D eigenvalue weighted by atomic mass is 32.2. The third kappa shape index (κ3) is 2.01. The van der Waals surface area contributed by atoms with E-state index in [1.54, 1.807) is 18.3 Å². The lowest BCUT2D eigenvalue weighted by Gasteiger charge is -2.02. The van der Waals surface area contributed by atoms with Gasteiger partial charge in [0.1, 0.15) is 4.90 Å².